The quantitative estimate of drug-likeness (QED) is 0.492. The van der Waals surface area contributed by atoms with Gasteiger partial charge >= 0.3 is 5.97 Å². The number of ether oxygens (including phenoxy) is 1. The lowest BCUT2D eigenvalue weighted by molar-refractivity contribution is -0.143. The first kappa shape index (κ1) is 22.6. The molecule has 4 rings (SSSR count). The van der Waals surface area contributed by atoms with E-state index in [-0.39, 0.29) is 12.0 Å². The Morgan fingerprint density at radius 1 is 1.27 bits per heavy atom. The maximum atomic E-state index is 11.3. The number of anilines is 1. The minimum atomic E-state index is -0.750. The van der Waals surface area contributed by atoms with Crippen LogP contribution in [0.4, 0.5) is 5.95 Å². The molecule has 176 valence electrons. The highest BCUT2D eigenvalue weighted by atomic mass is 16.5. The number of tetrazole rings is 1. The van der Waals surface area contributed by atoms with Gasteiger partial charge in [-0.15, -0.1) is 10.2 Å². The van der Waals surface area contributed by atoms with Gasteiger partial charge < -0.3 is 15.2 Å². The Kier molecular flexibility index (Phi) is 6.80. The zero-order valence-corrected chi connectivity index (χ0v) is 19.1. The maximum Gasteiger partial charge on any atom is 0.306 e. The summed E-state index contributed by atoms with van der Waals surface area (Å²) in [7, 11) is 1.82. The fraction of sp³-hybridized carbons (Fsp3) is 0.571. The van der Waals surface area contributed by atoms with Gasteiger partial charge in [-0.1, -0.05) is 17.2 Å². The molecule has 0 unspecified atom stereocenters. The van der Waals surface area contributed by atoms with E-state index in [0.717, 1.165) is 30.7 Å². The zero-order chi connectivity index (χ0) is 23.4. The van der Waals surface area contributed by atoms with E-state index in [1.807, 2.05) is 26.1 Å². The van der Waals surface area contributed by atoms with Crippen molar-refractivity contribution in [2.75, 3.05) is 5.32 Å². The lowest BCUT2D eigenvalue weighted by Gasteiger charge is -2.27. The summed E-state index contributed by atoms with van der Waals surface area (Å²) >= 11 is 0. The van der Waals surface area contributed by atoms with Crippen molar-refractivity contribution in [2.45, 2.75) is 65.1 Å². The number of aryl methyl sites for hydroxylation is 3. The smallest absolute Gasteiger partial charge is 0.306 e. The summed E-state index contributed by atoms with van der Waals surface area (Å²) in [6.45, 7) is 5.05. The molecule has 1 fully saturated rings. The summed E-state index contributed by atoms with van der Waals surface area (Å²) in [5.41, 5.74) is 2.89. The number of pyridine rings is 1. The highest BCUT2D eigenvalue weighted by molar-refractivity contribution is 5.70. The number of nitrogens with one attached hydrogen (secondary N) is 1. The van der Waals surface area contributed by atoms with Gasteiger partial charge in [-0.3, -0.25) is 4.79 Å². The first-order valence-electron chi connectivity index (χ1n) is 11.2. The van der Waals surface area contributed by atoms with Gasteiger partial charge in [0.2, 0.25) is 0 Å². The van der Waals surface area contributed by atoms with Gasteiger partial charge in [-0.05, 0) is 56.4 Å². The van der Waals surface area contributed by atoms with Crippen molar-refractivity contribution < 1.29 is 14.6 Å². The Balaban J connectivity index is 1.46. The summed E-state index contributed by atoms with van der Waals surface area (Å²) < 4.78 is 7.80. The minimum absolute atomic E-state index is 0.115. The summed E-state index contributed by atoms with van der Waals surface area (Å²) in [4.78, 5) is 17.6. The number of carboxylic acids is 1. The van der Waals surface area contributed by atoms with E-state index in [4.69, 9.17) is 4.74 Å². The molecule has 12 heteroatoms. The van der Waals surface area contributed by atoms with E-state index in [1.54, 1.807) is 9.48 Å². The Labute approximate surface area is 191 Å². The van der Waals surface area contributed by atoms with Crippen molar-refractivity contribution in [1.82, 2.24) is 40.2 Å². The third-order valence-electron chi connectivity index (χ3n) is 5.78. The Hall–Kier alpha value is -3.57. The molecule has 3 aromatic heterocycles. The van der Waals surface area contributed by atoms with Crippen molar-refractivity contribution in [3.63, 3.8) is 0 Å². The monoisotopic (exact) mass is 455 g/mol. The summed E-state index contributed by atoms with van der Waals surface area (Å²) in [6, 6.07) is 3.72. The second-order valence-corrected chi connectivity index (χ2v) is 8.29. The van der Waals surface area contributed by atoms with Gasteiger partial charge in [0.15, 0.2) is 0 Å². The van der Waals surface area contributed by atoms with Gasteiger partial charge in [0.25, 0.3) is 5.95 Å². The van der Waals surface area contributed by atoms with E-state index in [1.165, 1.54) is 0 Å². The van der Waals surface area contributed by atoms with Crippen LogP contribution in [0, 0.1) is 12.8 Å². The van der Waals surface area contributed by atoms with E-state index >= 15 is 0 Å². The third kappa shape index (κ3) is 5.26. The molecule has 3 aromatic rings. The topological polar surface area (TPSA) is 146 Å². The SMILES string of the molecule is CCCn1nnc(NCc2c(-c3ccc(O[C@H]4CCC[C@H](C(=O)O)C4)c(C)n3)nnn2C)n1. The van der Waals surface area contributed by atoms with Crippen LogP contribution in [0.2, 0.25) is 0 Å². The van der Waals surface area contributed by atoms with Crippen molar-refractivity contribution in [2.24, 2.45) is 13.0 Å². The van der Waals surface area contributed by atoms with Crippen LogP contribution in [-0.2, 0) is 24.9 Å². The largest absolute Gasteiger partial charge is 0.489 e. The molecule has 1 aliphatic carbocycles. The number of carboxylic acid groups (broad SMARTS) is 1. The van der Waals surface area contributed by atoms with Crippen LogP contribution in [0.15, 0.2) is 12.1 Å². The molecular formula is C21H29N9O3. The van der Waals surface area contributed by atoms with Crippen LogP contribution in [0.1, 0.15) is 50.4 Å². The molecule has 0 aromatic carbocycles. The summed E-state index contributed by atoms with van der Waals surface area (Å²) in [5, 5.41) is 33.2. The first-order chi connectivity index (χ1) is 15.9. The van der Waals surface area contributed by atoms with Crippen molar-refractivity contribution >= 4 is 11.9 Å². The minimum Gasteiger partial charge on any atom is -0.489 e. The normalized spacial score (nSPS) is 18.3. The molecule has 12 nitrogen and oxygen atoms in total. The van der Waals surface area contributed by atoms with Gasteiger partial charge in [-0.2, -0.15) is 4.80 Å². The van der Waals surface area contributed by atoms with Gasteiger partial charge in [0.1, 0.15) is 11.4 Å². The van der Waals surface area contributed by atoms with Crippen molar-refractivity contribution in [3.8, 4) is 17.1 Å². The van der Waals surface area contributed by atoms with Crippen LogP contribution in [0.25, 0.3) is 11.4 Å². The first-order valence-corrected chi connectivity index (χ1v) is 11.2. The average Bonchev–Trinajstić information content (AvgIpc) is 3.40. The Bertz CT molecular complexity index is 1110. The molecule has 0 saturated heterocycles. The molecular weight excluding hydrogens is 426 g/mol. The number of carbonyl (C=O) groups is 1. The highest BCUT2D eigenvalue weighted by Crippen LogP contribution is 2.30. The predicted molar refractivity (Wildman–Crippen MR) is 118 cm³/mol. The average molecular weight is 456 g/mol. The lowest BCUT2D eigenvalue weighted by Crippen LogP contribution is -2.29. The summed E-state index contributed by atoms with van der Waals surface area (Å²) in [6.07, 6.45) is 3.74. The molecule has 33 heavy (non-hydrogen) atoms. The predicted octanol–water partition coefficient (Wildman–Crippen LogP) is 2.22. The van der Waals surface area contributed by atoms with Gasteiger partial charge in [0, 0.05) is 7.05 Å². The number of nitrogens with zero attached hydrogens (tertiary/aromatic N) is 8. The van der Waals surface area contributed by atoms with Crippen LogP contribution >= 0.6 is 0 Å². The van der Waals surface area contributed by atoms with Crippen LogP contribution in [0.3, 0.4) is 0 Å². The maximum absolute atomic E-state index is 11.3. The Morgan fingerprint density at radius 3 is 2.88 bits per heavy atom. The van der Waals surface area contributed by atoms with Crippen LogP contribution in [-0.4, -0.2) is 57.4 Å². The number of aliphatic carboxylic acids is 1. The molecule has 2 N–H and O–H groups in total. The Morgan fingerprint density at radius 2 is 2.12 bits per heavy atom. The highest BCUT2D eigenvalue weighted by Gasteiger charge is 2.28. The number of aromatic nitrogens is 8. The molecule has 0 spiro atoms. The molecule has 0 bridgehead atoms. The molecule has 0 aliphatic heterocycles. The molecule has 0 amide bonds. The molecule has 1 saturated carbocycles. The van der Waals surface area contributed by atoms with Crippen molar-refractivity contribution in [3.05, 3.63) is 23.5 Å². The number of hydrogen-bond donors (Lipinski definition) is 2. The molecule has 1 aliphatic rings. The lowest BCUT2D eigenvalue weighted by atomic mass is 9.87. The third-order valence-corrected chi connectivity index (χ3v) is 5.78. The fourth-order valence-electron chi connectivity index (χ4n) is 4.01. The van der Waals surface area contributed by atoms with Crippen LogP contribution < -0.4 is 10.1 Å². The van der Waals surface area contributed by atoms with E-state index in [0.29, 0.717) is 49.0 Å². The second kappa shape index (κ2) is 9.92. The van der Waals surface area contributed by atoms with E-state index < -0.39 is 5.97 Å². The fourth-order valence-corrected chi connectivity index (χ4v) is 4.01. The molecule has 2 atom stereocenters. The van der Waals surface area contributed by atoms with E-state index in [9.17, 15) is 9.90 Å². The molecule has 0 radical (unpaired) electrons. The second-order valence-electron chi connectivity index (χ2n) is 8.29. The molecule has 3 heterocycles. The van der Waals surface area contributed by atoms with Gasteiger partial charge in [-0.25, -0.2) is 9.67 Å². The number of hydrogen-bond acceptors (Lipinski definition) is 9. The van der Waals surface area contributed by atoms with Crippen LogP contribution in [0.5, 0.6) is 5.75 Å². The zero-order valence-electron chi connectivity index (χ0n) is 19.1. The number of rotatable bonds is 9. The standard InChI is InChI=1S/C21H29N9O3/c1-4-10-30-26-21(25-28-30)22-12-17-19(24-27-29(17)3)16-8-9-18(13(2)23-16)33-15-7-5-6-14(11-15)20(31)32/h8-9,14-15H,4-7,10-12H2,1-3H3,(H,22,26)(H,31,32)/t14-,15-/m0/s1. The van der Waals surface area contributed by atoms with E-state index in [2.05, 4.69) is 42.9 Å². The van der Waals surface area contributed by atoms with Crippen molar-refractivity contribution in [1.29, 1.82) is 0 Å². The van der Waals surface area contributed by atoms with Gasteiger partial charge in [0.05, 0.1) is 42.2 Å². The summed E-state index contributed by atoms with van der Waals surface area (Å²) in [5.74, 6) is 0.00937.